The third-order valence-corrected chi connectivity index (χ3v) is 3.41. The third-order valence-electron chi connectivity index (χ3n) is 3.41. The van der Waals surface area contributed by atoms with Crippen LogP contribution in [0.1, 0.15) is 6.42 Å². The molecular weight excluding hydrogens is 179 g/mol. The van der Waals surface area contributed by atoms with Gasteiger partial charge in [0.2, 0.25) is 0 Å². The number of hydrogen-bond acceptors (Lipinski definition) is 3. The highest BCUT2D eigenvalue weighted by Crippen LogP contribution is 2.51. The van der Waals surface area contributed by atoms with Crippen LogP contribution in [-0.2, 0) is 14.2 Å². The van der Waals surface area contributed by atoms with Gasteiger partial charge in [0, 0.05) is 32.6 Å². The van der Waals surface area contributed by atoms with Crippen molar-refractivity contribution in [2.24, 2.45) is 5.92 Å². The highest BCUT2D eigenvalue weighted by Gasteiger charge is 2.60. The van der Waals surface area contributed by atoms with E-state index in [2.05, 4.69) is 14.4 Å². The molecule has 2 aliphatic rings. The molecule has 4 atom stereocenters. The second-order valence-corrected chi connectivity index (χ2v) is 4.34. The van der Waals surface area contributed by atoms with Gasteiger partial charge >= 0.3 is 0 Å². The van der Waals surface area contributed by atoms with E-state index in [1.807, 2.05) is 0 Å². The number of methoxy groups -OCH3 is 2. The van der Waals surface area contributed by atoms with Crippen molar-refractivity contribution in [1.82, 2.24) is 0 Å². The smallest absolute Gasteiger partial charge is 0.140 e. The van der Waals surface area contributed by atoms with Gasteiger partial charge in [0.25, 0.3) is 0 Å². The summed E-state index contributed by atoms with van der Waals surface area (Å²) in [4.78, 5) is 0. The summed E-state index contributed by atoms with van der Waals surface area (Å²) >= 11 is 0. The zero-order chi connectivity index (χ0) is 10.3. The van der Waals surface area contributed by atoms with Gasteiger partial charge in [0.05, 0.1) is 12.7 Å². The van der Waals surface area contributed by atoms with Gasteiger partial charge in [-0.25, -0.2) is 0 Å². The Morgan fingerprint density at radius 1 is 1.64 bits per heavy atom. The van der Waals surface area contributed by atoms with Gasteiger partial charge in [0.15, 0.2) is 0 Å². The Bertz CT molecular complexity index is 256. The largest absolute Gasteiger partial charge is 0.382 e. The lowest BCUT2D eigenvalue weighted by atomic mass is 9.83. The van der Waals surface area contributed by atoms with E-state index in [0.29, 0.717) is 12.5 Å². The minimum absolute atomic E-state index is 0.116. The highest BCUT2D eigenvalue weighted by molar-refractivity contribution is 6.11. The van der Waals surface area contributed by atoms with Crippen molar-refractivity contribution in [3.8, 4) is 0 Å². The molecular formula is C10H17BO3. The van der Waals surface area contributed by atoms with Gasteiger partial charge < -0.3 is 14.2 Å². The van der Waals surface area contributed by atoms with Crippen LogP contribution in [0.3, 0.4) is 0 Å². The minimum atomic E-state index is -0.273. The lowest BCUT2D eigenvalue weighted by Crippen LogP contribution is -2.42. The first-order valence-electron chi connectivity index (χ1n) is 5.02. The van der Waals surface area contributed by atoms with Crippen molar-refractivity contribution in [2.75, 3.05) is 20.8 Å². The SMILES string of the molecule is B[C@@H]1O[C@@]2(COC)CC(=C)C1C2OC. The van der Waals surface area contributed by atoms with E-state index in [-0.39, 0.29) is 17.7 Å². The molecule has 2 rings (SSSR count). The number of fused-ring (bicyclic) bond motifs is 2. The summed E-state index contributed by atoms with van der Waals surface area (Å²) in [6.45, 7) is 4.69. The maximum Gasteiger partial charge on any atom is 0.140 e. The van der Waals surface area contributed by atoms with Gasteiger partial charge in [-0.05, 0) is 0 Å². The van der Waals surface area contributed by atoms with Crippen molar-refractivity contribution in [1.29, 1.82) is 0 Å². The second-order valence-electron chi connectivity index (χ2n) is 4.34. The molecule has 0 spiro atoms. The molecule has 0 aromatic rings. The first-order valence-corrected chi connectivity index (χ1v) is 5.02. The van der Waals surface area contributed by atoms with E-state index in [4.69, 9.17) is 14.2 Å². The van der Waals surface area contributed by atoms with E-state index < -0.39 is 0 Å². The lowest BCUT2D eigenvalue weighted by molar-refractivity contribution is -0.110. The summed E-state index contributed by atoms with van der Waals surface area (Å²) in [5, 5.41) is 0. The van der Waals surface area contributed by atoms with Crippen LogP contribution in [-0.4, -0.2) is 46.4 Å². The van der Waals surface area contributed by atoms with Crippen molar-refractivity contribution >= 4 is 7.85 Å². The van der Waals surface area contributed by atoms with Crippen molar-refractivity contribution < 1.29 is 14.2 Å². The van der Waals surface area contributed by atoms with Gasteiger partial charge in [-0.2, -0.15) is 0 Å². The van der Waals surface area contributed by atoms with Gasteiger partial charge in [-0.15, -0.1) is 0 Å². The van der Waals surface area contributed by atoms with Gasteiger partial charge in [-0.3, -0.25) is 0 Å². The molecule has 78 valence electrons. The fourth-order valence-electron chi connectivity index (χ4n) is 3.05. The van der Waals surface area contributed by atoms with Crippen LogP contribution in [0.25, 0.3) is 0 Å². The van der Waals surface area contributed by atoms with Crippen LogP contribution < -0.4 is 0 Å². The van der Waals surface area contributed by atoms with Crippen LogP contribution in [0.2, 0.25) is 0 Å². The molecule has 2 fully saturated rings. The lowest BCUT2D eigenvalue weighted by Gasteiger charge is -2.30. The molecule has 3 nitrogen and oxygen atoms in total. The molecule has 1 heterocycles. The summed E-state index contributed by atoms with van der Waals surface area (Å²) in [5.74, 6) is 0.343. The number of hydrogen-bond donors (Lipinski definition) is 0. The Hall–Kier alpha value is -0.315. The Morgan fingerprint density at radius 3 is 2.86 bits per heavy atom. The van der Waals surface area contributed by atoms with Crippen molar-refractivity contribution in [3.63, 3.8) is 0 Å². The van der Waals surface area contributed by atoms with Crippen LogP contribution in [0.15, 0.2) is 12.2 Å². The summed E-state index contributed by atoms with van der Waals surface area (Å²) in [5.41, 5.74) is 0.970. The first-order chi connectivity index (χ1) is 6.64. The molecule has 0 aromatic carbocycles. The normalized spacial score (nSPS) is 46.1. The topological polar surface area (TPSA) is 27.7 Å². The fourth-order valence-corrected chi connectivity index (χ4v) is 3.05. The average molecular weight is 196 g/mol. The average Bonchev–Trinajstić information content (AvgIpc) is 2.51. The Kier molecular flexibility index (Phi) is 2.45. The number of rotatable bonds is 3. The summed E-state index contributed by atoms with van der Waals surface area (Å²) in [6, 6.07) is 0.205. The molecule has 0 radical (unpaired) electrons. The van der Waals surface area contributed by atoms with E-state index in [0.717, 1.165) is 6.42 Å². The van der Waals surface area contributed by atoms with E-state index in [1.54, 1.807) is 14.2 Å². The maximum absolute atomic E-state index is 5.95. The quantitative estimate of drug-likeness (QED) is 0.468. The molecule has 0 amide bonds. The van der Waals surface area contributed by atoms with Crippen LogP contribution in [0.5, 0.6) is 0 Å². The molecule has 1 aliphatic carbocycles. The Morgan fingerprint density at radius 2 is 2.36 bits per heavy atom. The molecule has 0 aromatic heterocycles. The van der Waals surface area contributed by atoms with Crippen LogP contribution in [0.4, 0.5) is 0 Å². The van der Waals surface area contributed by atoms with Crippen LogP contribution in [0, 0.1) is 5.92 Å². The molecule has 1 saturated carbocycles. The molecule has 2 bridgehead atoms. The second kappa shape index (κ2) is 3.37. The molecule has 14 heavy (non-hydrogen) atoms. The van der Waals surface area contributed by atoms with E-state index >= 15 is 0 Å². The molecule has 1 saturated heterocycles. The fraction of sp³-hybridized carbons (Fsp3) is 0.800. The van der Waals surface area contributed by atoms with Gasteiger partial charge in [-0.1, -0.05) is 12.2 Å². The number of ether oxygens (including phenoxy) is 3. The first kappa shape index (κ1) is 10.2. The van der Waals surface area contributed by atoms with Crippen LogP contribution >= 0.6 is 0 Å². The summed E-state index contributed by atoms with van der Waals surface area (Å²) < 4.78 is 16.7. The van der Waals surface area contributed by atoms with Crippen molar-refractivity contribution in [3.05, 3.63) is 12.2 Å². The van der Waals surface area contributed by atoms with Crippen molar-refractivity contribution in [2.45, 2.75) is 24.1 Å². The third kappa shape index (κ3) is 1.18. The van der Waals surface area contributed by atoms with E-state index in [1.165, 1.54) is 5.57 Å². The van der Waals surface area contributed by atoms with E-state index in [9.17, 15) is 0 Å². The monoisotopic (exact) mass is 196 g/mol. The highest BCUT2D eigenvalue weighted by atomic mass is 16.6. The Balaban J connectivity index is 2.27. The zero-order valence-corrected chi connectivity index (χ0v) is 9.08. The standard InChI is InChI=1S/C10H17BO3/c1-6-4-10(5-12-2)8(13-3)7(6)9(11)14-10/h7-9H,1,4-5,11H2,2-3H3/t7?,8?,9-,10-/m1/s1. The van der Waals surface area contributed by atoms with Gasteiger partial charge in [0.1, 0.15) is 13.4 Å². The molecule has 2 unspecified atom stereocenters. The summed E-state index contributed by atoms with van der Waals surface area (Å²) in [7, 11) is 5.52. The zero-order valence-electron chi connectivity index (χ0n) is 9.08. The molecule has 0 N–H and O–H groups in total. The predicted octanol–water partition coefficient (Wildman–Crippen LogP) is -0.0479. The molecule has 4 heteroatoms. The summed E-state index contributed by atoms with van der Waals surface area (Å²) in [6.07, 6.45) is 0.985. The maximum atomic E-state index is 5.95. The Labute approximate surface area is 85.8 Å². The minimum Gasteiger partial charge on any atom is -0.382 e. The predicted molar refractivity (Wildman–Crippen MR) is 56.1 cm³/mol. The molecule has 1 aliphatic heterocycles.